The van der Waals surface area contributed by atoms with Gasteiger partial charge in [-0.2, -0.15) is 9.78 Å². The van der Waals surface area contributed by atoms with E-state index in [4.69, 9.17) is 16.9 Å². The third-order valence-electron chi connectivity index (χ3n) is 2.53. The standard InChI is InChI=1S/C12H15N5.ClH/c13-11-8-10(16-17(11)12(14)15)7-6-9-4-2-1-3-5-9;/h1-5,8H,6-7,13H2,(H3,14,15);1H. The molecule has 6 heteroatoms. The lowest BCUT2D eigenvalue weighted by Crippen LogP contribution is -2.23. The largest absolute Gasteiger partial charge is 0.383 e. The van der Waals surface area contributed by atoms with Crippen molar-refractivity contribution in [2.45, 2.75) is 12.8 Å². The molecule has 1 aromatic heterocycles. The molecule has 0 unspecified atom stereocenters. The number of nitrogens with two attached hydrogens (primary N) is 2. The van der Waals surface area contributed by atoms with Gasteiger partial charge in [0.25, 0.3) is 0 Å². The zero-order chi connectivity index (χ0) is 12.3. The quantitative estimate of drug-likeness (QED) is 0.579. The number of benzene rings is 1. The Bertz CT molecular complexity index is 521. The second-order valence-electron chi connectivity index (χ2n) is 3.84. The van der Waals surface area contributed by atoms with Gasteiger partial charge in [0, 0.05) is 6.07 Å². The molecule has 18 heavy (non-hydrogen) atoms. The van der Waals surface area contributed by atoms with E-state index < -0.39 is 0 Å². The normalized spacial score (nSPS) is 9.78. The summed E-state index contributed by atoms with van der Waals surface area (Å²) in [5, 5.41) is 11.5. The topological polar surface area (TPSA) is 93.7 Å². The Morgan fingerprint density at radius 3 is 2.44 bits per heavy atom. The molecule has 1 heterocycles. The summed E-state index contributed by atoms with van der Waals surface area (Å²) in [6.07, 6.45) is 1.68. The van der Waals surface area contributed by atoms with Crippen LogP contribution < -0.4 is 11.5 Å². The molecule has 5 N–H and O–H groups in total. The summed E-state index contributed by atoms with van der Waals surface area (Å²) < 4.78 is 1.24. The highest BCUT2D eigenvalue weighted by Gasteiger charge is 2.06. The molecule has 0 atom stereocenters. The molecule has 0 saturated carbocycles. The summed E-state index contributed by atoms with van der Waals surface area (Å²) in [6, 6.07) is 11.9. The minimum atomic E-state index is -0.159. The molecule has 0 aliphatic carbocycles. The van der Waals surface area contributed by atoms with Crippen molar-refractivity contribution in [3.05, 3.63) is 47.7 Å². The summed E-state index contributed by atoms with van der Waals surface area (Å²) in [4.78, 5) is 0. The maximum Gasteiger partial charge on any atom is 0.215 e. The maximum atomic E-state index is 7.28. The van der Waals surface area contributed by atoms with Crippen LogP contribution in [0.25, 0.3) is 0 Å². The summed E-state index contributed by atoms with van der Waals surface area (Å²) in [7, 11) is 0. The fourth-order valence-corrected chi connectivity index (χ4v) is 1.68. The van der Waals surface area contributed by atoms with Gasteiger partial charge >= 0.3 is 0 Å². The minimum absolute atomic E-state index is 0. The third-order valence-corrected chi connectivity index (χ3v) is 2.53. The van der Waals surface area contributed by atoms with Crippen molar-refractivity contribution in [1.82, 2.24) is 9.78 Å². The smallest absolute Gasteiger partial charge is 0.215 e. The number of nitrogen functional groups attached to an aromatic ring is 2. The summed E-state index contributed by atoms with van der Waals surface area (Å²) in [6.45, 7) is 0. The van der Waals surface area contributed by atoms with E-state index in [-0.39, 0.29) is 18.4 Å². The molecule has 2 rings (SSSR count). The Morgan fingerprint density at radius 2 is 1.89 bits per heavy atom. The lowest BCUT2D eigenvalue weighted by molar-refractivity contribution is 0.840. The third kappa shape index (κ3) is 3.24. The fraction of sp³-hybridized carbons (Fsp3) is 0.167. The van der Waals surface area contributed by atoms with Crippen LogP contribution in [0, 0.1) is 5.41 Å². The molecule has 2 aromatic rings. The first-order valence-corrected chi connectivity index (χ1v) is 5.39. The highest BCUT2D eigenvalue weighted by atomic mass is 35.5. The highest BCUT2D eigenvalue weighted by Crippen LogP contribution is 2.09. The van der Waals surface area contributed by atoms with Crippen LogP contribution in [-0.2, 0) is 12.8 Å². The minimum Gasteiger partial charge on any atom is -0.383 e. The van der Waals surface area contributed by atoms with E-state index in [9.17, 15) is 0 Å². The van der Waals surface area contributed by atoms with Crippen molar-refractivity contribution < 1.29 is 0 Å². The Balaban J connectivity index is 0.00000162. The van der Waals surface area contributed by atoms with Gasteiger partial charge in [-0.3, -0.25) is 5.41 Å². The monoisotopic (exact) mass is 265 g/mol. The van der Waals surface area contributed by atoms with Gasteiger partial charge < -0.3 is 11.5 Å². The summed E-state index contributed by atoms with van der Waals surface area (Å²) in [5.41, 5.74) is 13.1. The van der Waals surface area contributed by atoms with Crippen LogP contribution in [0.1, 0.15) is 11.3 Å². The van der Waals surface area contributed by atoms with Crippen molar-refractivity contribution in [2.24, 2.45) is 5.73 Å². The van der Waals surface area contributed by atoms with Crippen molar-refractivity contribution >= 4 is 24.2 Å². The molecule has 5 nitrogen and oxygen atoms in total. The van der Waals surface area contributed by atoms with E-state index in [1.54, 1.807) is 6.07 Å². The molecule has 0 spiro atoms. The van der Waals surface area contributed by atoms with E-state index in [1.165, 1.54) is 10.2 Å². The van der Waals surface area contributed by atoms with Crippen LogP contribution in [0.5, 0.6) is 0 Å². The molecule has 96 valence electrons. The highest BCUT2D eigenvalue weighted by molar-refractivity contribution is 5.85. The molecule has 0 radical (unpaired) electrons. The van der Waals surface area contributed by atoms with Crippen LogP contribution in [0.4, 0.5) is 5.82 Å². The van der Waals surface area contributed by atoms with E-state index in [0.717, 1.165) is 18.5 Å². The average Bonchev–Trinajstić information content (AvgIpc) is 2.69. The van der Waals surface area contributed by atoms with Gasteiger partial charge in [-0.25, -0.2) is 0 Å². The lowest BCUT2D eigenvalue weighted by atomic mass is 10.1. The van der Waals surface area contributed by atoms with Crippen LogP contribution in [-0.4, -0.2) is 15.7 Å². The Hall–Kier alpha value is -2.01. The fourth-order valence-electron chi connectivity index (χ4n) is 1.68. The van der Waals surface area contributed by atoms with Crippen LogP contribution in [0.15, 0.2) is 36.4 Å². The predicted molar refractivity (Wildman–Crippen MR) is 75.0 cm³/mol. The Kier molecular flexibility index (Phi) is 4.74. The zero-order valence-corrected chi connectivity index (χ0v) is 10.7. The number of hydrogen-bond donors (Lipinski definition) is 3. The van der Waals surface area contributed by atoms with Crippen molar-refractivity contribution in [3.8, 4) is 0 Å². The first-order valence-electron chi connectivity index (χ1n) is 5.39. The van der Waals surface area contributed by atoms with Gasteiger partial charge in [-0.15, -0.1) is 12.4 Å². The number of halogens is 1. The van der Waals surface area contributed by atoms with Crippen LogP contribution >= 0.6 is 12.4 Å². The number of aryl methyl sites for hydroxylation is 2. The van der Waals surface area contributed by atoms with Gasteiger partial charge in [-0.05, 0) is 18.4 Å². The molecule has 1 aromatic carbocycles. The molecule has 0 aliphatic heterocycles. The molecule has 0 fully saturated rings. The second-order valence-corrected chi connectivity index (χ2v) is 3.84. The van der Waals surface area contributed by atoms with Gasteiger partial charge in [0.2, 0.25) is 5.96 Å². The number of rotatable bonds is 3. The summed E-state index contributed by atoms with van der Waals surface area (Å²) >= 11 is 0. The number of nitrogens with one attached hydrogen (secondary N) is 1. The SMILES string of the molecule is Cl.N=C(N)n1nc(CCc2ccccc2)cc1N. The number of hydrogen-bond acceptors (Lipinski definition) is 3. The Labute approximate surface area is 112 Å². The predicted octanol–water partition coefficient (Wildman–Crippen LogP) is 1.41. The number of aromatic nitrogens is 2. The van der Waals surface area contributed by atoms with Crippen LogP contribution in [0.3, 0.4) is 0 Å². The van der Waals surface area contributed by atoms with Crippen LogP contribution in [0.2, 0.25) is 0 Å². The van der Waals surface area contributed by atoms with Gasteiger partial charge in [0.1, 0.15) is 5.82 Å². The second kappa shape index (κ2) is 6.07. The van der Waals surface area contributed by atoms with E-state index in [2.05, 4.69) is 17.2 Å². The van der Waals surface area contributed by atoms with Crippen molar-refractivity contribution in [2.75, 3.05) is 5.73 Å². The van der Waals surface area contributed by atoms with E-state index in [1.807, 2.05) is 18.2 Å². The molecule has 0 aliphatic rings. The first-order chi connectivity index (χ1) is 8.16. The first kappa shape index (κ1) is 14.1. The van der Waals surface area contributed by atoms with Gasteiger partial charge in [0.15, 0.2) is 0 Å². The maximum absolute atomic E-state index is 7.28. The average molecular weight is 266 g/mol. The molecular formula is C12H16ClN5. The lowest BCUT2D eigenvalue weighted by Gasteiger charge is -1.99. The van der Waals surface area contributed by atoms with Crippen molar-refractivity contribution in [3.63, 3.8) is 0 Å². The Morgan fingerprint density at radius 1 is 1.22 bits per heavy atom. The number of anilines is 1. The van der Waals surface area contributed by atoms with Gasteiger partial charge in [0.05, 0.1) is 5.69 Å². The molecule has 0 saturated heterocycles. The molecular weight excluding hydrogens is 250 g/mol. The molecule has 0 amide bonds. The van der Waals surface area contributed by atoms with E-state index >= 15 is 0 Å². The summed E-state index contributed by atoms with van der Waals surface area (Å²) in [5.74, 6) is 0.244. The number of nitrogens with zero attached hydrogens (tertiary/aromatic N) is 2. The zero-order valence-electron chi connectivity index (χ0n) is 9.84. The molecule has 0 bridgehead atoms. The van der Waals surface area contributed by atoms with E-state index in [0.29, 0.717) is 5.82 Å². The van der Waals surface area contributed by atoms with Crippen molar-refractivity contribution in [1.29, 1.82) is 5.41 Å². The van der Waals surface area contributed by atoms with Gasteiger partial charge in [-0.1, -0.05) is 30.3 Å².